The zero-order chi connectivity index (χ0) is 9.26. The van der Waals surface area contributed by atoms with Crippen molar-refractivity contribution in [3.05, 3.63) is 0 Å². The maximum Gasteiger partial charge on any atom is 0.315 e. The molecular weight excluding hydrogens is 188 g/mol. The molecule has 72 valence electrons. The minimum Gasteiger partial charge on any atom is -0.335 e. The summed E-state index contributed by atoms with van der Waals surface area (Å²) in [6.07, 6.45) is 2.91. The van der Waals surface area contributed by atoms with E-state index in [1.807, 2.05) is 0 Å². The van der Waals surface area contributed by atoms with Crippen LogP contribution in [0.15, 0.2) is 0 Å². The molecule has 1 atom stereocenters. The monoisotopic (exact) mass is 200 g/mol. The number of hydrogen-bond acceptors (Lipinski definition) is 3. The van der Waals surface area contributed by atoms with Crippen LogP contribution in [0.5, 0.6) is 0 Å². The van der Waals surface area contributed by atoms with Crippen molar-refractivity contribution in [2.24, 2.45) is 0 Å². The molecule has 2 N–H and O–H groups in total. The minimum atomic E-state index is -0.260. The SMILES string of the molecule is O=C(NC1CC1)NC1CCSC1=O. The van der Waals surface area contributed by atoms with Crippen molar-refractivity contribution >= 4 is 22.9 Å². The van der Waals surface area contributed by atoms with Gasteiger partial charge in [-0.25, -0.2) is 4.79 Å². The highest BCUT2D eigenvalue weighted by atomic mass is 32.2. The summed E-state index contributed by atoms with van der Waals surface area (Å²) in [5.74, 6) is 0.827. The molecule has 0 aromatic rings. The van der Waals surface area contributed by atoms with Crippen molar-refractivity contribution in [1.82, 2.24) is 10.6 Å². The van der Waals surface area contributed by atoms with Crippen molar-refractivity contribution in [3.8, 4) is 0 Å². The maximum atomic E-state index is 11.2. The molecule has 0 radical (unpaired) electrons. The normalized spacial score (nSPS) is 27.4. The van der Waals surface area contributed by atoms with E-state index < -0.39 is 0 Å². The summed E-state index contributed by atoms with van der Waals surface area (Å²) in [5.41, 5.74) is 0. The van der Waals surface area contributed by atoms with Crippen molar-refractivity contribution in [2.75, 3.05) is 5.75 Å². The lowest BCUT2D eigenvalue weighted by atomic mass is 10.2. The van der Waals surface area contributed by atoms with Crippen molar-refractivity contribution < 1.29 is 9.59 Å². The summed E-state index contributed by atoms with van der Waals surface area (Å²) in [6, 6.07) is -0.101. The number of hydrogen-bond donors (Lipinski definition) is 2. The molecule has 1 heterocycles. The number of thioether (sulfide) groups is 1. The van der Waals surface area contributed by atoms with Gasteiger partial charge in [0.25, 0.3) is 0 Å². The number of carbonyl (C=O) groups excluding carboxylic acids is 2. The molecule has 2 amide bonds. The molecule has 13 heavy (non-hydrogen) atoms. The second-order valence-electron chi connectivity index (χ2n) is 3.40. The number of nitrogens with one attached hydrogen (secondary N) is 2. The number of urea groups is 1. The Hall–Kier alpha value is -0.710. The van der Waals surface area contributed by atoms with Crippen LogP contribution in [0.1, 0.15) is 19.3 Å². The maximum absolute atomic E-state index is 11.2. The molecule has 4 nitrogen and oxygen atoms in total. The van der Waals surface area contributed by atoms with Crippen LogP contribution < -0.4 is 10.6 Å². The Morgan fingerprint density at radius 1 is 1.31 bits per heavy atom. The Kier molecular flexibility index (Phi) is 2.44. The molecule has 1 saturated carbocycles. The van der Waals surface area contributed by atoms with Crippen molar-refractivity contribution in [1.29, 1.82) is 0 Å². The van der Waals surface area contributed by atoms with Gasteiger partial charge in [0.05, 0.1) is 0 Å². The average Bonchev–Trinajstić information content (AvgIpc) is 2.79. The Morgan fingerprint density at radius 2 is 2.08 bits per heavy atom. The zero-order valence-electron chi connectivity index (χ0n) is 7.21. The molecule has 5 heteroatoms. The van der Waals surface area contributed by atoms with Gasteiger partial charge >= 0.3 is 6.03 Å². The lowest BCUT2D eigenvalue weighted by Gasteiger charge is -2.10. The second-order valence-corrected chi connectivity index (χ2v) is 4.50. The molecule has 1 aliphatic carbocycles. The minimum absolute atomic E-state index is 0.0888. The molecule has 2 rings (SSSR count). The van der Waals surface area contributed by atoms with Gasteiger partial charge in [0.15, 0.2) is 0 Å². The van der Waals surface area contributed by atoms with E-state index in [0.717, 1.165) is 25.0 Å². The second kappa shape index (κ2) is 3.57. The van der Waals surface area contributed by atoms with Crippen LogP contribution in [0.2, 0.25) is 0 Å². The third-order valence-electron chi connectivity index (χ3n) is 2.15. The Bertz CT molecular complexity index is 240. The molecule has 0 aromatic carbocycles. The summed E-state index contributed by atoms with van der Waals surface area (Å²) >= 11 is 1.30. The highest BCUT2D eigenvalue weighted by Gasteiger charge is 2.29. The van der Waals surface area contributed by atoms with Gasteiger partial charge in [-0.15, -0.1) is 0 Å². The summed E-state index contributed by atoms with van der Waals surface area (Å²) in [5, 5.41) is 5.56. The van der Waals surface area contributed by atoms with E-state index in [1.165, 1.54) is 11.8 Å². The van der Waals surface area contributed by atoms with E-state index in [2.05, 4.69) is 10.6 Å². The molecule has 1 saturated heterocycles. The summed E-state index contributed by atoms with van der Waals surface area (Å²) < 4.78 is 0. The fourth-order valence-corrected chi connectivity index (χ4v) is 2.17. The van der Waals surface area contributed by atoms with Gasteiger partial charge in [-0.3, -0.25) is 4.79 Å². The standard InChI is InChI=1S/C8H12N2O2S/c11-7-6(3-4-13-7)10-8(12)9-5-1-2-5/h5-6H,1-4H2,(H2,9,10,12). The Morgan fingerprint density at radius 3 is 2.62 bits per heavy atom. The van der Waals surface area contributed by atoms with E-state index >= 15 is 0 Å². The van der Waals surface area contributed by atoms with Crippen LogP contribution in [0.3, 0.4) is 0 Å². The van der Waals surface area contributed by atoms with Crippen LogP contribution in [-0.2, 0) is 4.79 Å². The predicted molar refractivity (Wildman–Crippen MR) is 50.6 cm³/mol. The molecule has 2 aliphatic rings. The van der Waals surface area contributed by atoms with Crippen LogP contribution in [0.4, 0.5) is 4.79 Å². The van der Waals surface area contributed by atoms with E-state index in [-0.39, 0.29) is 17.2 Å². The van der Waals surface area contributed by atoms with Gasteiger partial charge in [0.2, 0.25) is 5.12 Å². The molecule has 1 aliphatic heterocycles. The summed E-state index contributed by atoms with van der Waals surface area (Å²) in [6.45, 7) is 0. The van der Waals surface area contributed by atoms with E-state index in [1.54, 1.807) is 0 Å². The fraction of sp³-hybridized carbons (Fsp3) is 0.750. The molecule has 2 fully saturated rings. The first-order valence-electron chi connectivity index (χ1n) is 4.49. The highest BCUT2D eigenvalue weighted by Crippen LogP contribution is 2.20. The first-order chi connectivity index (χ1) is 6.25. The molecular formula is C8H12N2O2S. The molecule has 0 spiro atoms. The van der Waals surface area contributed by atoms with Crippen LogP contribution in [-0.4, -0.2) is 29.0 Å². The highest BCUT2D eigenvalue weighted by molar-refractivity contribution is 8.14. The van der Waals surface area contributed by atoms with Gasteiger partial charge in [-0.2, -0.15) is 0 Å². The van der Waals surface area contributed by atoms with Gasteiger partial charge in [-0.05, 0) is 19.3 Å². The summed E-state index contributed by atoms with van der Waals surface area (Å²) in [4.78, 5) is 22.3. The van der Waals surface area contributed by atoms with Crippen LogP contribution in [0.25, 0.3) is 0 Å². The first kappa shape index (κ1) is 8.87. The van der Waals surface area contributed by atoms with Crippen molar-refractivity contribution in [3.63, 3.8) is 0 Å². The predicted octanol–water partition coefficient (Wildman–Crippen LogP) is 0.480. The number of amides is 2. The van der Waals surface area contributed by atoms with Gasteiger partial charge in [0.1, 0.15) is 6.04 Å². The third-order valence-corrected chi connectivity index (χ3v) is 3.16. The Labute approximate surface area is 80.8 Å². The van der Waals surface area contributed by atoms with Crippen molar-refractivity contribution in [2.45, 2.75) is 31.3 Å². The largest absolute Gasteiger partial charge is 0.335 e. The van der Waals surface area contributed by atoms with Gasteiger partial charge in [0, 0.05) is 11.8 Å². The Balaban J connectivity index is 1.75. The third kappa shape index (κ3) is 2.37. The van der Waals surface area contributed by atoms with Gasteiger partial charge < -0.3 is 10.6 Å². The quantitative estimate of drug-likeness (QED) is 0.681. The zero-order valence-corrected chi connectivity index (χ0v) is 8.02. The lowest BCUT2D eigenvalue weighted by molar-refractivity contribution is -0.112. The average molecular weight is 200 g/mol. The van der Waals surface area contributed by atoms with Crippen LogP contribution in [0, 0.1) is 0 Å². The van der Waals surface area contributed by atoms with E-state index in [4.69, 9.17) is 0 Å². The lowest BCUT2D eigenvalue weighted by Crippen LogP contribution is -2.44. The molecule has 0 aromatic heterocycles. The number of rotatable bonds is 2. The van der Waals surface area contributed by atoms with Crippen LogP contribution >= 0.6 is 11.8 Å². The fourth-order valence-electron chi connectivity index (χ4n) is 1.24. The van der Waals surface area contributed by atoms with Gasteiger partial charge in [-0.1, -0.05) is 11.8 Å². The molecule has 1 unspecified atom stereocenters. The first-order valence-corrected chi connectivity index (χ1v) is 5.48. The van der Waals surface area contributed by atoms with E-state index in [9.17, 15) is 9.59 Å². The molecule has 0 bridgehead atoms. The summed E-state index contributed by atoms with van der Waals surface area (Å²) in [7, 11) is 0. The number of carbonyl (C=O) groups is 2. The topological polar surface area (TPSA) is 58.2 Å². The smallest absolute Gasteiger partial charge is 0.315 e. The van der Waals surface area contributed by atoms with E-state index in [0.29, 0.717) is 6.04 Å².